The molecule has 0 saturated carbocycles. The monoisotopic (exact) mass is 253 g/mol. The van der Waals surface area contributed by atoms with Crippen LogP contribution in [-0.2, 0) is 0 Å². The molecule has 2 N–H and O–H groups in total. The van der Waals surface area contributed by atoms with E-state index in [4.69, 9.17) is 5.11 Å². The van der Waals surface area contributed by atoms with Gasteiger partial charge in [0, 0.05) is 16.5 Å². The average molecular weight is 253 g/mol. The fourth-order valence-electron chi connectivity index (χ4n) is 1.93. The van der Waals surface area contributed by atoms with Gasteiger partial charge in [-0.3, -0.25) is 0 Å². The van der Waals surface area contributed by atoms with Crippen LogP contribution in [0.1, 0.15) is 31.0 Å². The van der Waals surface area contributed by atoms with Crippen LogP contribution in [0.4, 0.5) is 0 Å². The van der Waals surface area contributed by atoms with E-state index in [1.165, 1.54) is 11.1 Å². The number of hydrogen-bond donors (Lipinski definition) is 2. The maximum Gasteiger partial charge on any atom is 0.0547 e. The molecule has 1 aromatic rings. The third-order valence-electron chi connectivity index (χ3n) is 2.92. The molecule has 96 valence electrons. The summed E-state index contributed by atoms with van der Waals surface area (Å²) in [6.07, 6.45) is 0. The van der Waals surface area contributed by atoms with Crippen molar-refractivity contribution in [1.82, 2.24) is 5.32 Å². The topological polar surface area (TPSA) is 32.3 Å². The van der Waals surface area contributed by atoms with Gasteiger partial charge in [-0.1, -0.05) is 43.7 Å². The average Bonchev–Trinajstić information content (AvgIpc) is 2.32. The van der Waals surface area contributed by atoms with Crippen molar-refractivity contribution in [3.63, 3.8) is 0 Å². The summed E-state index contributed by atoms with van der Waals surface area (Å²) in [6.45, 7) is 6.60. The van der Waals surface area contributed by atoms with Crippen molar-refractivity contribution in [3.05, 3.63) is 35.4 Å². The van der Waals surface area contributed by atoms with Crippen molar-refractivity contribution in [1.29, 1.82) is 0 Å². The summed E-state index contributed by atoms with van der Waals surface area (Å²) in [5.41, 5.74) is 2.59. The minimum absolute atomic E-state index is 0.235. The summed E-state index contributed by atoms with van der Waals surface area (Å²) < 4.78 is 0. The molecule has 0 aromatic heterocycles. The molecule has 0 aliphatic heterocycles. The van der Waals surface area contributed by atoms with E-state index in [1.807, 2.05) is 18.8 Å². The molecule has 3 atom stereocenters. The first-order valence-corrected chi connectivity index (χ1v) is 7.03. The van der Waals surface area contributed by atoms with Crippen LogP contribution in [-0.4, -0.2) is 29.3 Å². The molecule has 0 aliphatic carbocycles. The summed E-state index contributed by atoms with van der Waals surface area (Å²) >= 11 is 1.82. The summed E-state index contributed by atoms with van der Waals surface area (Å²) in [5.74, 6) is 0. The van der Waals surface area contributed by atoms with Crippen molar-refractivity contribution in [2.24, 2.45) is 0 Å². The van der Waals surface area contributed by atoms with Gasteiger partial charge >= 0.3 is 0 Å². The van der Waals surface area contributed by atoms with Crippen LogP contribution in [0.2, 0.25) is 0 Å². The third-order valence-corrected chi connectivity index (χ3v) is 4.24. The van der Waals surface area contributed by atoms with E-state index in [0.717, 1.165) is 0 Å². The van der Waals surface area contributed by atoms with Gasteiger partial charge in [0.2, 0.25) is 0 Å². The maximum atomic E-state index is 9.10. The summed E-state index contributed by atoms with van der Waals surface area (Å²) in [4.78, 5) is 0. The normalized spacial score (nSPS) is 16.5. The van der Waals surface area contributed by atoms with Gasteiger partial charge in [-0.05, 0) is 19.5 Å². The fourth-order valence-corrected chi connectivity index (χ4v) is 3.20. The molecule has 0 heterocycles. The van der Waals surface area contributed by atoms with Gasteiger partial charge in [-0.15, -0.1) is 0 Å². The molecule has 0 spiro atoms. The Labute approximate surface area is 109 Å². The lowest BCUT2D eigenvalue weighted by Crippen LogP contribution is -2.27. The predicted octanol–water partition coefficient (Wildman–Crippen LogP) is 2.76. The zero-order chi connectivity index (χ0) is 12.8. The minimum Gasteiger partial charge on any atom is -0.395 e. The molecule has 1 aromatic carbocycles. The SMILES string of the molecule is CNC(c1ccc(C)cc1)C(C)SC(C)CO. The highest BCUT2D eigenvalue weighted by atomic mass is 32.2. The van der Waals surface area contributed by atoms with Crippen molar-refractivity contribution >= 4 is 11.8 Å². The van der Waals surface area contributed by atoms with Gasteiger partial charge in [-0.2, -0.15) is 11.8 Å². The Morgan fingerprint density at radius 3 is 2.29 bits per heavy atom. The number of nitrogens with one attached hydrogen (secondary N) is 1. The Hall–Kier alpha value is -0.510. The first-order chi connectivity index (χ1) is 8.08. The zero-order valence-corrected chi connectivity index (χ0v) is 11.9. The highest BCUT2D eigenvalue weighted by Crippen LogP contribution is 2.29. The van der Waals surface area contributed by atoms with Gasteiger partial charge in [0.05, 0.1) is 6.61 Å². The number of aliphatic hydroxyl groups is 1. The van der Waals surface area contributed by atoms with Crippen molar-refractivity contribution in [2.45, 2.75) is 37.3 Å². The number of rotatable bonds is 6. The van der Waals surface area contributed by atoms with Crippen molar-refractivity contribution < 1.29 is 5.11 Å². The first kappa shape index (κ1) is 14.6. The fraction of sp³-hybridized carbons (Fsp3) is 0.571. The van der Waals surface area contributed by atoms with Crippen LogP contribution in [0.25, 0.3) is 0 Å². The van der Waals surface area contributed by atoms with Crippen LogP contribution in [0.3, 0.4) is 0 Å². The smallest absolute Gasteiger partial charge is 0.0547 e. The largest absolute Gasteiger partial charge is 0.395 e. The van der Waals surface area contributed by atoms with E-state index >= 15 is 0 Å². The summed E-state index contributed by atoms with van der Waals surface area (Å²) in [7, 11) is 1.99. The lowest BCUT2D eigenvalue weighted by molar-refractivity contribution is 0.299. The van der Waals surface area contributed by atoms with Crippen LogP contribution in [0.15, 0.2) is 24.3 Å². The Bertz CT molecular complexity index is 325. The number of benzene rings is 1. The molecular weight excluding hydrogens is 230 g/mol. The Morgan fingerprint density at radius 2 is 1.82 bits per heavy atom. The minimum atomic E-state index is 0.235. The van der Waals surface area contributed by atoms with Crippen LogP contribution < -0.4 is 5.32 Å². The second-order valence-corrected chi connectivity index (χ2v) is 6.33. The molecule has 0 bridgehead atoms. The molecule has 1 rings (SSSR count). The second kappa shape index (κ2) is 7.04. The van der Waals surface area contributed by atoms with E-state index in [9.17, 15) is 0 Å². The number of aryl methyl sites for hydroxylation is 1. The molecular formula is C14H23NOS. The quantitative estimate of drug-likeness (QED) is 0.817. The maximum absolute atomic E-state index is 9.10. The van der Waals surface area contributed by atoms with Gasteiger partial charge in [0.25, 0.3) is 0 Å². The highest BCUT2D eigenvalue weighted by molar-refractivity contribution is 8.00. The molecule has 0 saturated heterocycles. The second-order valence-electron chi connectivity index (χ2n) is 4.51. The number of thioether (sulfide) groups is 1. The van der Waals surface area contributed by atoms with E-state index in [-0.39, 0.29) is 11.9 Å². The van der Waals surface area contributed by atoms with Crippen LogP contribution >= 0.6 is 11.8 Å². The summed E-state index contributed by atoms with van der Waals surface area (Å²) in [6, 6.07) is 8.97. The molecule has 3 unspecified atom stereocenters. The van der Waals surface area contributed by atoms with Crippen molar-refractivity contribution in [3.8, 4) is 0 Å². The third kappa shape index (κ3) is 4.34. The first-order valence-electron chi connectivity index (χ1n) is 6.08. The van der Waals surface area contributed by atoms with Gasteiger partial charge in [0.1, 0.15) is 0 Å². The molecule has 0 radical (unpaired) electrons. The van der Waals surface area contributed by atoms with E-state index in [1.54, 1.807) is 0 Å². The Kier molecular flexibility index (Phi) is 6.03. The number of hydrogen-bond acceptors (Lipinski definition) is 3. The summed E-state index contributed by atoms with van der Waals surface area (Å²) in [5, 5.41) is 13.2. The highest BCUT2D eigenvalue weighted by Gasteiger charge is 2.19. The van der Waals surface area contributed by atoms with Gasteiger partial charge in [-0.25, -0.2) is 0 Å². The lowest BCUT2D eigenvalue weighted by atomic mass is 10.0. The standard InChI is InChI=1S/C14H23NOS/c1-10-5-7-13(8-6-10)14(15-4)12(3)17-11(2)9-16/h5-8,11-12,14-16H,9H2,1-4H3. The van der Waals surface area contributed by atoms with Crippen molar-refractivity contribution in [2.75, 3.05) is 13.7 Å². The van der Waals surface area contributed by atoms with Gasteiger partial charge < -0.3 is 10.4 Å². The Balaban J connectivity index is 2.73. The van der Waals surface area contributed by atoms with Crippen LogP contribution in [0, 0.1) is 6.92 Å². The number of aliphatic hydroxyl groups excluding tert-OH is 1. The molecule has 0 fully saturated rings. The predicted molar refractivity (Wildman–Crippen MR) is 76.6 cm³/mol. The molecule has 0 amide bonds. The molecule has 0 aliphatic rings. The van der Waals surface area contributed by atoms with E-state index in [2.05, 4.69) is 50.4 Å². The van der Waals surface area contributed by atoms with E-state index < -0.39 is 0 Å². The Morgan fingerprint density at radius 1 is 1.24 bits per heavy atom. The molecule has 17 heavy (non-hydrogen) atoms. The van der Waals surface area contributed by atoms with Gasteiger partial charge in [0.15, 0.2) is 0 Å². The van der Waals surface area contributed by atoms with E-state index in [0.29, 0.717) is 11.3 Å². The van der Waals surface area contributed by atoms with Crippen LogP contribution in [0.5, 0.6) is 0 Å². The molecule has 3 heteroatoms. The lowest BCUT2D eigenvalue weighted by Gasteiger charge is -2.25. The molecule has 2 nitrogen and oxygen atoms in total. The zero-order valence-electron chi connectivity index (χ0n) is 11.1.